The zero-order chi connectivity index (χ0) is 19.8. The number of carbonyl (C=O) groups excluding carboxylic acids is 1. The number of anilines is 1. The van der Waals surface area contributed by atoms with Crippen LogP contribution in [0.4, 0.5) is 5.69 Å². The lowest BCUT2D eigenvalue weighted by atomic mass is 10.1. The fourth-order valence-corrected chi connectivity index (χ4v) is 4.65. The second-order valence-electron chi connectivity index (χ2n) is 5.91. The van der Waals surface area contributed by atoms with Gasteiger partial charge in [0.05, 0.1) is 23.2 Å². The van der Waals surface area contributed by atoms with Crippen molar-refractivity contribution in [2.45, 2.75) is 0 Å². The molecule has 0 unspecified atom stereocenters. The Labute approximate surface area is 179 Å². The van der Waals surface area contributed by atoms with Crippen molar-refractivity contribution in [2.24, 2.45) is 0 Å². The van der Waals surface area contributed by atoms with E-state index in [1.165, 1.54) is 29.8 Å². The molecule has 3 aromatic rings. The molecule has 4 rings (SSSR count). The Bertz CT molecular complexity index is 1160. The smallest absolute Gasteiger partial charge is 0.270 e. The van der Waals surface area contributed by atoms with E-state index >= 15 is 0 Å². The van der Waals surface area contributed by atoms with Gasteiger partial charge in [0.1, 0.15) is 0 Å². The average Bonchev–Trinajstić information content (AvgIpc) is 2.97. The Morgan fingerprint density at radius 3 is 2.89 bits per heavy atom. The van der Waals surface area contributed by atoms with Crippen molar-refractivity contribution >= 4 is 72.8 Å². The van der Waals surface area contributed by atoms with Crippen molar-refractivity contribution in [3.8, 4) is 11.5 Å². The Morgan fingerprint density at radius 1 is 1.29 bits per heavy atom. The van der Waals surface area contributed by atoms with Crippen molar-refractivity contribution in [3.63, 3.8) is 0 Å². The molecule has 1 amide bonds. The monoisotopic (exact) mass is 472 g/mol. The van der Waals surface area contributed by atoms with E-state index in [-0.39, 0.29) is 11.7 Å². The first-order chi connectivity index (χ1) is 13.5. The van der Waals surface area contributed by atoms with E-state index in [4.69, 9.17) is 17.0 Å². The van der Waals surface area contributed by atoms with Crippen molar-refractivity contribution in [1.29, 1.82) is 0 Å². The van der Waals surface area contributed by atoms with Gasteiger partial charge >= 0.3 is 0 Å². The lowest BCUT2D eigenvalue weighted by Crippen LogP contribution is -2.27. The van der Waals surface area contributed by atoms with E-state index in [1.54, 1.807) is 24.4 Å². The van der Waals surface area contributed by atoms with Crippen molar-refractivity contribution < 1.29 is 14.6 Å². The number of nitrogens with zero attached hydrogens (tertiary/aromatic N) is 2. The molecule has 1 fully saturated rings. The maximum absolute atomic E-state index is 13.1. The van der Waals surface area contributed by atoms with Gasteiger partial charge in [0.15, 0.2) is 15.8 Å². The molecule has 0 atom stereocenters. The number of carbonyl (C=O) groups is 1. The number of hydrogen-bond donors (Lipinski definition) is 1. The van der Waals surface area contributed by atoms with Gasteiger partial charge in [0, 0.05) is 16.1 Å². The summed E-state index contributed by atoms with van der Waals surface area (Å²) in [7, 11) is 1.48. The SMILES string of the molecule is COc1cc(/C=C2\SC(=S)N(c3ccc(Br)c4cccnc34)C2=O)ccc1O. The van der Waals surface area contributed by atoms with Crippen LogP contribution in [-0.4, -0.2) is 27.4 Å². The minimum absolute atomic E-state index is 0.0413. The fraction of sp³-hybridized carbons (Fsp3) is 0.0500. The van der Waals surface area contributed by atoms with E-state index in [1.807, 2.05) is 24.3 Å². The number of phenolic OH excluding ortho intramolecular Hbond substituents is 1. The molecule has 1 aliphatic heterocycles. The minimum Gasteiger partial charge on any atom is -0.504 e. The highest BCUT2D eigenvalue weighted by Gasteiger charge is 2.34. The maximum atomic E-state index is 13.1. The third-order valence-corrected chi connectivity index (χ3v) is 6.22. The summed E-state index contributed by atoms with van der Waals surface area (Å²) < 4.78 is 6.47. The number of aromatic hydroxyl groups is 1. The Kier molecular flexibility index (Phi) is 5.09. The van der Waals surface area contributed by atoms with Crippen LogP contribution in [-0.2, 0) is 4.79 Å². The van der Waals surface area contributed by atoms with Gasteiger partial charge in [-0.15, -0.1) is 0 Å². The number of rotatable bonds is 3. The quantitative estimate of drug-likeness (QED) is 0.421. The molecule has 1 N–H and O–H groups in total. The Balaban J connectivity index is 1.76. The van der Waals surface area contributed by atoms with Crippen LogP contribution in [0.25, 0.3) is 17.0 Å². The van der Waals surface area contributed by atoms with Gasteiger partial charge in [-0.2, -0.15) is 0 Å². The lowest BCUT2D eigenvalue weighted by molar-refractivity contribution is -0.113. The lowest BCUT2D eigenvalue weighted by Gasteiger charge is -2.17. The standard InChI is InChI=1S/C20H13BrN2O3S2/c1-26-16-9-11(4-7-15(16)24)10-17-19(25)23(20(27)28-17)14-6-5-13(21)12-3-2-8-22-18(12)14/h2-10,24H,1H3/b17-10-. The topological polar surface area (TPSA) is 62.7 Å². The van der Waals surface area contributed by atoms with E-state index in [2.05, 4.69) is 20.9 Å². The van der Waals surface area contributed by atoms with Crippen LogP contribution in [0.1, 0.15) is 5.56 Å². The molecule has 0 radical (unpaired) electrons. The van der Waals surface area contributed by atoms with Gasteiger partial charge in [-0.05, 0) is 42.0 Å². The van der Waals surface area contributed by atoms with Crippen LogP contribution in [0.2, 0.25) is 0 Å². The van der Waals surface area contributed by atoms with E-state index in [9.17, 15) is 9.90 Å². The number of methoxy groups -OCH3 is 1. The van der Waals surface area contributed by atoms with E-state index < -0.39 is 0 Å². The van der Waals surface area contributed by atoms with Crippen LogP contribution in [0.5, 0.6) is 11.5 Å². The summed E-state index contributed by atoms with van der Waals surface area (Å²) >= 11 is 10.2. The summed E-state index contributed by atoms with van der Waals surface area (Å²) in [6.07, 6.45) is 3.42. The van der Waals surface area contributed by atoms with Gasteiger partial charge in [0.25, 0.3) is 5.91 Å². The molecule has 1 saturated heterocycles. The van der Waals surface area contributed by atoms with Gasteiger partial charge in [-0.3, -0.25) is 14.7 Å². The summed E-state index contributed by atoms with van der Waals surface area (Å²) in [4.78, 5) is 19.5. The summed E-state index contributed by atoms with van der Waals surface area (Å²) in [6, 6.07) is 12.4. The largest absolute Gasteiger partial charge is 0.504 e. The van der Waals surface area contributed by atoms with E-state index in [0.29, 0.717) is 26.2 Å². The number of ether oxygens (including phenoxy) is 1. The number of benzene rings is 2. The van der Waals surface area contributed by atoms with Crippen molar-refractivity contribution in [1.82, 2.24) is 4.98 Å². The first kappa shape index (κ1) is 18.9. The fourth-order valence-electron chi connectivity index (χ4n) is 2.91. The summed E-state index contributed by atoms with van der Waals surface area (Å²) in [5.41, 5.74) is 2.07. The molecule has 28 heavy (non-hydrogen) atoms. The molecular formula is C20H13BrN2O3S2. The zero-order valence-corrected chi connectivity index (χ0v) is 17.8. The summed E-state index contributed by atoms with van der Waals surface area (Å²) in [5, 5.41) is 10.6. The third kappa shape index (κ3) is 3.28. The van der Waals surface area contributed by atoms with Gasteiger partial charge < -0.3 is 9.84 Å². The number of phenols is 1. The summed E-state index contributed by atoms with van der Waals surface area (Å²) in [5.74, 6) is 0.170. The zero-order valence-electron chi connectivity index (χ0n) is 14.5. The molecule has 0 saturated carbocycles. The average molecular weight is 473 g/mol. The number of halogens is 1. The number of amides is 1. The van der Waals surface area contributed by atoms with Crippen LogP contribution in [0, 0.1) is 0 Å². The predicted octanol–water partition coefficient (Wildman–Crippen LogP) is 5.12. The summed E-state index contributed by atoms with van der Waals surface area (Å²) in [6.45, 7) is 0. The highest BCUT2D eigenvalue weighted by atomic mass is 79.9. The molecule has 0 bridgehead atoms. The second-order valence-corrected chi connectivity index (χ2v) is 8.44. The maximum Gasteiger partial charge on any atom is 0.270 e. The minimum atomic E-state index is -0.212. The predicted molar refractivity (Wildman–Crippen MR) is 120 cm³/mol. The van der Waals surface area contributed by atoms with E-state index in [0.717, 1.165) is 15.4 Å². The highest BCUT2D eigenvalue weighted by Crippen LogP contribution is 2.40. The number of fused-ring (bicyclic) bond motifs is 1. The number of hydrogen-bond acceptors (Lipinski definition) is 6. The highest BCUT2D eigenvalue weighted by molar-refractivity contribution is 9.10. The van der Waals surface area contributed by atoms with Crippen LogP contribution >= 0.6 is 39.9 Å². The van der Waals surface area contributed by atoms with Gasteiger partial charge in [-0.1, -0.05) is 52.0 Å². The van der Waals surface area contributed by atoms with Gasteiger partial charge in [-0.25, -0.2) is 0 Å². The number of aromatic nitrogens is 1. The van der Waals surface area contributed by atoms with Gasteiger partial charge in [0.2, 0.25) is 0 Å². The molecule has 1 aliphatic rings. The Morgan fingerprint density at radius 2 is 2.11 bits per heavy atom. The molecular weight excluding hydrogens is 460 g/mol. The second kappa shape index (κ2) is 7.54. The first-order valence-electron chi connectivity index (χ1n) is 8.18. The molecule has 140 valence electrons. The third-order valence-electron chi connectivity index (χ3n) is 4.23. The molecule has 0 spiro atoms. The normalized spacial score (nSPS) is 15.6. The Hall–Kier alpha value is -2.42. The number of pyridine rings is 1. The molecule has 0 aliphatic carbocycles. The van der Waals surface area contributed by atoms with Crippen LogP contribution < -0.4 is 9.64 Å². The van der Waals surface area contributed by atoms with Crippen molar-refractivity contribution in [3.05, 3.63) is 63.6 Å². The first-order valence-corrected chi connectivity index (χ1v) is 10.2. The molecule has 1 aromatic heterocycles. The van der Waals surface area contributed by atoms with Crippen LogP contribution in [0.15, 0.2) is 58.0 Å². The number of thioether (sulfide) groups is 1. The van der Waals surface area contributed by atoms with Crippen molar-refractivity contribution in [2.75, 3.05) is 12.0 Å². The molecule has 2 heterocycles. The molecule has 5 nitrogen and oxygen atoms in total. The van der Waals surface area contributed by atoms with Crippen LogP contribution in [0.3, 0.4) is 0 Å². The number of thiocarbonyl (C=S) groups is 1. The molecule has 8 heteroatoms. The molecule has 2 aromatic carbocycles.